The summed E-state index contributed by atoms with van der Waals surface area (Å²) in [6.45, 7) is 0.277. The molecular weight excluding hydrogens is 192 g/mol. The topological polar surface area (TPSA) is 58.2 Å². The van der Waals surface area contributed by atoms with Crippen LogP contribution in [-0.2, 0) is 0 Å². The Morgan fingerprint density at radius 2 is 1.93 bits per heavy atom. The molecule has 2 amide bonds. The lowest BCUT2D eigenvalue weighted by Gasteiger charge is -2.13. The molecule has 0 fully saturated rings. The number of ketones is 1. The van der Waals surface area contributed by atoms with Gasteiger partial charge in [-0.2, -0.15) is 0 Å². The van der Waals surface area contributed by atoms with Gasteiger partial charge in [-0.15, -0.1) is 0 Å². The monoisotopic (exact) mass is 202 g/mol. The van der Waals surface area contributed by atoms with Crippen LogP contribution in [0, 0.1) is 0 Å². The van der Waals surface area contributed by atoms with E-state index in [1.807, 2.05) is 18.2 Å². The van der Waals surface area contributed by atoms with E-state index < -0.39 is 0 Å². The first kappa shape index (κ1) is 9.45. The minimum Gasteiger partial charge on any atom is -0.334 e. The van der Waals surface area contributed by atoms with Gasteiger partial charge in [-0.1, -0.05) is 30.3 Å². The average Bonchev–Trinajstić information content (AvgIpc) is 2.30. The fourth-order valence-electron chi connectivity index (χ4n) is 1.35. The van der Waals surface area contributed by atoms with Crippen molar-refractivity contribution in [3.63, 3.8) is 0 Å². The second-order valence-corrected chi connectivity index (χ2v) is 3.19. The summed E-state index contributed by atoms with van der Waals surface area (Å²) in [6, 6.07) is 8.69. The van der Waals surface area contributed by atoms with Gasteiger partial charge in [0, 0.05) is 23.9 Å². The molecule has 2 N–H and O–H groups in total. The highest BCUT2D eigenvalue weighted by molar-refractivity contribution is 6.09. The summed E-state index contributed by atoms with van der Waals surface area (Å²) in [5.41, 5.74) is 1.18. The summed E-state index contributed by atoms with van der Waals surface area (Å²) < 4.78 is 0. The number of hydrogen-bond acceptors (Lipinski definition) is 2. The van der Waals surface area contributed by atoms with Gasteiger partial charge in [0.05, 0.1) is 0 Å². The summed E-state index contributed by atoms with van der Waals surface area (Å²) in [5.74, 6) is -0.0666. The molecule has 1 aliphatic rings. The summed E-state index contributed by atoms with van der Waals surface area (Å²) in [6.07, 6.45) is 1.45. The van der Waals surface area contributed by atoms with E-state index in [0.29, 0.717) is 11.1 Å². The molecule has 4 heteroatoms. The molecule has 15 heavy (non-hydrogen) atoms. The van der Waals surface area contributed by atoms with Gasteiger partial charge in [-0.3, -0.25) is 4.79 Å². The van der Waals surface area contributed by atoms with Gasteiger partial charge in [0.2, 0.25) is 0 Å². The lowest BCUT2D eigenvalue weighted by Crippen LogP contribution is -2.39. The molecule has 1 aromatic carbocycles. The zero-order valence-electron chi connectivity index (χ0n) is 7.99. The number of carbonyl (C=O) groups is 2. The molecule has 0 bridgehead atoms. The quantitative estimate of drug-likeness (QED) is 0.705. The molecule has 76 valence electrons. The average molecular weight is 202 g/mol. The van der Waals surface area contributed by atoms with Crippen LogP contribution < -0.4 is 10.6 Å². The third-order valence-electron chi connectivity index (χ3n) is 2.14. The molecule has 1 heterocycles. The molecule has 1 aromatic rings. The third-order valence-corrected chi connectivity index (χ3v) is 2.14. The van der Waals surface area contributed by atoms with Crippen LogP contribution in [0.5, 0.6) is 0 Å². The van der Waals surface area contributed by atoms with Crippen LogP contribution in [0.4, 0.5) is 4.79 Å². The fourth-order valence-corrected chi connectivity index (χ4v) is 1.35. The first-order chi connectivity index (χ1) is 7.27. The summed E-state index contributed by atoms with van der Waals surface area (Å²) in [7, 11) is 0. The van der Waals surface area contributed by atoms with Gasteiger partial charge in [0.25, 0.3) is 0 Å². The SMILES string of the molecule is O=C1NC=C(C(=O)c2ccccc2)CN1. The maximum atomic E-state index is 11.8. The van der Waals surface area contributed by atoms with Crippen molar-refractivity contribution in [3.8, 4) is 0 Å². The van der Waals surface area contributed by atoms with Crippen LogP contribution in [0.3, 0.4) is 0 Å². The van der Waals surface area contributed by atoms with Gasteiger partial charge in [0.15, 0.2) is 5.78 Å². The van der Waals surface area contributed by atoms with Crippen molar-refractivity contribution in [2.45, 2.75) is 0 Å². The summed E-state index contributed by atoms with van der Waals surface area (Å²) in [5, 5.41) is 4.99. The minimum atomic E-state index is -0.278. The van der Waals surface area contributed by atoms with Crippen LogP contribution in [0.25, 0.3) is 0 Å². The molecule has 4 nitrogen and oxygen atoms in total. The number of Topliss-reactive ketones (excluding diaryl/α,β-unsaturated/α-hetero) is 1. The molecule has 0 radical (unpaired) electrons. The van der Waals surface area contributed by atoms with Crippen molar-refractivity contribution in [2.75, 3.05) is 6.54 Å². The van der Waals surface area contributed by atoms with Crippen molar-refractivity contribution in [3.05, 3.63) is 47.7 Å². The molecule has 0 spiro atoms. The predicted octanol–water partition coefficient (Wildman–Crippen LogP) is 1.07. The van der Waals surface area contributed by atoms with E-state index in [-0.39, 0.29) is 18.4 Å². The van der Waals surface area contributed by atoms with E-state index in [9.17, 15) is 9.59 Å². The van der Waals surface area contributed by atoms with Crippen LogP contribution in [0.2, 0.25) is 0 Å². The van der Waals surface area contributed by atoms with Crippen molar-refractivity contribution in [1.82, 2.24) is 10.6 Å². The first-order valence-corrected chi connectivity index (χ1v) is 4.60. The van der Waals surface area contributed by atoms with E-state index in [1.54, 1.807) is 12.1 Å². The Hall–Kier alpha value is -2.10. The Labute approximate surface area is 87.0 Å². The zero-order chi connectivity index (χ0) is 10.7. The van der Waals surface area contributed by atoms with E-state index in [4.69, 9.17) is 0 Å². The second-order valence-electron chi connectivity index (χ2n) is 3.19. The van der Waals surface area contributed by atoms with E-state index in [0.717, 1.165) is 0 Å². The first-order valence-electron chi connectivity index (χ1n) is 4.60. The van der Waals surface area contributed by atoms with Crippen LogP contribution in [0.1, 0.15) is 10.4 Å². The standard InChI is InChI=1S/C11H10N2O2/c14-10(8-4-2-1-3-5-8)9-6-12-11(15)13-7-9/h1-6H,7H2,(H2,12,13,15). The number of carbonyl (C=O) groups excluding carboxylic acids is 2. The molecule has 0 saturated heterocycles. The molecule has 0 saturated carbocycles. The van der Waals surface area contributed by atoms with Gasteiger partial charge < -0.3 is 10.6 Å². The van der Waals surface area contributed by atoms with Crippen LogP contribution in [0.15, 0.2) is 42.1 Å². The Morgan fingerprint density at radius 1 is 1.20 bits per heavy atom. The van der Waals surface area contributed by atoms with Gasteiger partial charge in [-0.05, 0) is 0 Å². The largest absolute Gasteiger partial charge is 0.334 e. The Balaban J connectivity index is 2.19. The summed E-state index contributed by atoms with van der Waals surface area (Å²) >= 11 is 0. The second kappa shape index (κ2) is 3.96. The smallest absolute Gasteiger partial charge is 0.319 e. The van der Waals surface area contributed by atoms with E-state index in [2.05, 4.69) is 10.6 Å². The highest BCUT2D eigenvalue weighted by Gasteiger charge is 2.16. The molecule has 0 unspecified atom stereocenters. The molecule has 1 aliphatic heterocycles. The zero-order valence-corrected chi connectivity index (χ0v) is 7.99. The Bertz CT molecular complexity index is 423. The number of amides is 2. The fraction of sp³-hybridized carbons (Fsp3) is 0.0909. The van der Waals surface area contributed by atoms with Crippen LogP contribution in [-0.4, -0.2) is 18.4 Å². The number of hydrogen-bond donors (Lipinski definition) is 2. The van der Waals surface area contributed by atoms with Crippen molar-refractivity contribution < 1.29 is 9.59 Å². The van der Waals surface area contributed by atoms with Crippen molar-refractivity contribution in [1.29, 1.82) is 0 Å². The number of rotatable bonds is 2. The molecule has 0 aliphatic carbocycles. The third kappa shape index (κ3) is 2.04. The number of benzene rings is 1. The molecule has 0 aromatic heterocycles. The normalized spacial score (nSPS) is 14.9. The maximum Gasteiger partial charge on any atom is 0.319 e. The highest BCUT2D eigenvalue weighted by Crippen LogP contribution is 2.08. The van der Waals surface area contributed by atoms with Crippen molar-refractivity contribution >= 4 is 11.8 Å². The van der Waals surface area contributed by atoms with E-state index in [1.165, 1.54) is 6.20 Å². The summed E-state index contributed by atoms with van der Waals surface area (Å²) in [4.78, 5) is 22.6. The molecule has 0 atom stereocenters. The van der Waals surface area contributed by atoms with Gasteiger partial charge in [0.1, 0.15) is 0 Å². The Morgan fingerprint density at radius 3 is 2.53 bits per heavy atom. The van der Waals surface area contributed by atoms with Crippen molar-refractivity contribution in [2.24, 2.45) is 0 Å². The van der Waals surface area contributed by atoms with E-state index >= 15 is 0 Å². The molecule has 2 rings (SSSR count). The maximum absolute atomic E-state index is 11.8. The number of nitrogens with one attached hydrogen (secondary N) is 2. The van der Waals surface area contributed by atoms with Gasteiger partial charge >= 0.3 is 6.03 Å². The lowest BCUT2D eigenvalue weighted by molar-refractivity contribution is 0.103. The minimum absolute atomic E-state index is 0.0666. The van der Waals surface area contributed by atoms with Gasteiger partial charge in [-0.25, -0.2) is 4.79 Å². The predicted molar refractivity (Wildman–Crippen MR) is 55.4 cm³/mol. The lowest BCUT2D eigenvalue weighted by atomic mass is 10.0. The Kier molecular flexibility index (Phi) is 2.49. The highest BCUT2D eigenvalue weighted by atomic mass is 16.2. The number of urea groups is 1. The molecular formula is C11H10N2O2. The van der Waals surface area contributed by atoms with Crippen LogP contribution >= 0.6 is 0 Å².